The van der Waals surface area contributed by atoms with Crippen molar-refractivity contribution in [2.75, 3.05) is 19.7 Å². The topological polar surface area (TPSA) is 46.1 Å². The average Bonchev–Trinajstić information content (AvgIpc) is 3.26. The maximum Gasteiger partial charge on any atom is 0.217 e. The number of nitrogens with one attached hydrogen (secondary N) is 1. The van der Waals surface area contributed by atoms with Gasteiger partial charge < -0.3 is 4.74 Å². The van der Waals surface area contributed by atoms with E-state index in [0.29, 0.717) is 18.0 Å². The SMILES string of the molecule is Fc1ccc([C@H]2CN(Cn3[nH]c(-c4cccs4)nc3=S)CCO2)cc1. The van der Waals surface area contributed by atoms with E-state index < -0.39 is 0 Å². The van der Waals surface area contributed by atoms with E-state index >= 15 is 0 Å². The first kappa shape index (κ1) is 16.6. The van der Waals surface area contributed by atoms with Crippen LogP contribution >= 0.6 is 23.6 Å². The van der Waals surface area contributed by atoms with E-state index in [2.05, 4.69) is 15.0 Å². The molecule has 1 aliphatic rings. The Kier molecular flexibility index (Phi) is 4.76. The number of morpholine rings is 1. The van der Waals surface area contributed by atoms with E-state index in [-0.39, 0.29) is 11.9 Å². The molecule has 25 heavy (non-hydrogen) atoms. The first-order valence-electron chi connectivity index (χ1n) is 7.99. The Bertz CT molecular complexity index is 888. The number of H-pyrrole nitrogens is 1. The molecule has 2 aromatic heterocycles. The summed E-state index contributed by atoms with van der Waals surface area (Å²) >= 11 is 7.00. The van der Waals surface area contributed by atoms with Gasteiger partial charge in [0.05, 0.1) is 24.3 Å². The molecule has 4 rings (SSSR count). The molecule has 0 radical (unpaired) electrons. The fourth-order valence-electron chi connectivity index (χ4n) is 2.89. The van der Waals surface area contributed by atoms with Crippen LogP contribution in [0.25, 0.3) is 10.7 Å². The van der Waals surface area contributed by atoms with Crippen LogP contribution < -0.4 is 0 Å². The van der Waals surface area contributed by atoms with Crippen molar-refractivity contribution in [2.45, 2.75) is 12.8 Å². The Labute approximate surface area is 153 Å². The molecule has 1 aliphatic heterocycles. The summed E-state index contributed by atoms with van der Waals surface area (Å²) in [4.78, 5) is 7.76. The molecule has 130 valence electrons. The van der Waals surface area contributed by atoms with E-state index in [1.165, 1.54) is 12.1 Å². The van der Waals surface area contributed by atoms with Crippen molar-refractivity contribution in [3.05, 3.63) is 57.9 Å². The molecule has 1 N–H and O–H groups in total. The van der Waals surface area contributed by atoms with E-state index in [9.17, 15) is 4.39 Å². The van der Waals surface area contributed by atoms with E-state index in [0.717, 1.165) is 29.4 Å². The Balaban J connectivity index is 1.47. The number of hydrogen-bond acceptors (Lipinski definition) is 5. The molecule has 3 aromatic rings. The number of thiophene rings is 1. The molecule has 1 saturated heterocycles. The highest BCUT2D eigenvalue weighted by molar-refractivity contribution is 7.71. The number of nitrogens with zero attached hydrogens (tertiary/aromatic N) is 3. The van der Waals surface area contributed by atoms with Gasteiger partial charge in [0.2, 0.25) is 4.77 Å². The van der Waals surface area contributed by atoms with Crippen molar-refractivity contribution in [3.63, 3.8) is 0 Å². The first-order valence-corrected chi connectivity index (χ1v) is 9.28. The summed E-state index contributed by atoms with van der Waals surface area (Å²) in [5.41, 5.74) is 0.985. The number of halogens is 1. The predicted octanol–water partition coefficient (Wildman–Crippen LogP) is 3.84. The molecule has 3 heterocycles. The smallest absolute Gasteiger partial charge is 0.217 e. The predicted molar refractivity (Wildman–Crippen MR) is 97.4 cm³/mol. The lowest BCUT2D eigenvalue weighted by Crippen LogP contribution is -2.39. The van der Waals surface area contributed by atoms with Crippen LogP contribution in [-0.4, -0.2) is 39.4 Å². The van der Waals surface area contributed by atoms with Crippen LogP contribution in [0.1, 0.15) is 11.7 Å². The summed E-state index contributed by atoms with van der Waals surface area (Å²) in [5, 5.41) is 5.29. The normalized spacial score (nSPS) is 18.5. The maximum absolute atomic E-state index is 13.1. The van der Waals surface area contributed by atoms with Crippen molar-refractivity contribution in [1.82, 2.24) is 19.7 Å². The molecule has 1 atom stereocenters. The van der Waals surface area contributed by atoms with E-state index in [1.807, 2.05) is 22.2 Å². The standard InChI is InChI=1S/C17H17FN4OS2/c18-13-5-3-12(4-6-13)14-10-21(7-8-23-14)11-22-17(24)19-16(20-22)15-2-1-9-25-15/h1-6,9,14H,7-8,10-11H2,(H,19,20,24)/t14-/m1/s1. The molecule has 0 aliphatic carbocycles. The fourth-order valence-corrected chi connectivity index (χ4v) is 3.74. The summed E-state index contributed by atoms with van der Waals surface area (Å²) in [7, 11) is 0. The summed E-state index contributed by atoms with van der Waals surface area (Å²) < 4.78 is 21.4. The molecule has 0 unspecified atom stereocenters. The zero-order valence-corrected chi connectivity index (χ0v) is 15.0. The molecular formula is C17H17FN4OS2. The van der Waals surface area contributed by atoms with Crippen molar-refractivity contribution in [3.8, 4) is 10.7 Å². The van der Waals surface area contributed by atoms with Gasteiger partial charge in [-0.15, -0.1) is 11.3 Å². The van der Waals surface area contributed by atoms with Crippen molar-refractivity contribution >= 4 is 23.6 Å². The summed E-state index contributed by atoms with van der Waals surface area (Å²) in [6.45, 7) is 2.78. The third-order valence-corrected chi connectivity index (χ3v) is 5.36. The second-order valence-electron chi connectivity index (χ2n) is 5.89. The Morgan fingerprint density at radius 2 is 2.16 bits per heavy atom. The molecule has 0 bridgehead atoms. The van der Waals surface area contributed by atoms with E-state index in [1.54, 1.807) is 23.5 Å². The minimum Gasteiger partial charge on any atom is -0.371 e. The molecule has 0 saturated carbocycles. The molecule has 8 heteroatoms. The maximum atomic E-state index is 13.1. The average molecular weight is 376 g/mol. The summed E-state index contributed by atoms with van der Waals surface area (Å²) in [5.74, 6) is 0.560. The van der Waals surface area contributed by atoms with Crippen LogP contribution in [0.5, 0.6) is 0 Å². The monoisotopic (exact) mass is 376 g/mol. The van der Waals surface area contributed by atoms with E-state index in [4.69, 9.17) is 17.0 Å². The number of rotatable bonds is 4. The van der Waals surface area contributed by atoms with Crippen LogP contribution in [0.4, 0.5) is 4.39 Å². The number of hydrogen-bond donors (Lipinski definition) is 1. The Morgan fingerprint density at radius 3 is 2.92 bits per heavy atom. The quantitative estimate of drug-likeness (QED) is 0.703. The highest BCUT2D eigenvalue weighted by Crippen LogP contribution is 2.24. The fraction of sp³-hybridized carbons (Fsp3) is 0.294. The zero-order chi connectivity index (χ0) is 17.2. The second kappa shape index (κ2) is 7.17. The van der Waals surface area contributed by atoms with Gasteiger partial charge in [0.25, 0.3) is 0 Å². The van der Waals surface area contributed by atoms with Gasteiger partial charge in [0.1, 0.15) is 5.82 Å². The molecular weight excluding hydrogens is 359 g/mol. The van der Waals surface area contributed by atoms with Gasteiger partial charge in [-0.25, -0.2) is 9.07 Å². The minimum atomic E-state index is -0.235. The van der Waals surface area contributed by atoms with Gasteiger partial charge >= 0.3 is 0 Å². The third kappa shape index (κ3) is 3.72. The van der Waals surface area contributed by atoms with Gasteiger partial charge in [-0.05, 0) is 41.4 Å². The Hall–Kier alpha value is -1.87. The number of aromatic nitrogens is 3. The third-order valence-electron chi connectivity index (χ3n) is 4.17. The lowest BCUT2D eigenvalue weighted by atomic mass is 10.1. The van der Waals surface area contributed by atoms with Gasteiger partial charge in [0.15, 0.2) is 5.82 Å². The lowest BCUT2D eigenvalue weighted by Gasteiger charge is -2.33. The largest absolute Gasteiger partial charge is 0.371 e. The highest BCUT2D eigenvalue weighted by Gasteiger charge is 2.22. The molecule has 1 aromatic carbocycles. The van der Waals surface area contributed by atoms with Crippen molar-refractivity contribution in [1.29, 1.82) is 0 Å². The number of aromatic amines is 1. The van der Waals surface area contributed by atoms with Crippen LogP contribution in [0.3, 0.4) is 0 Å². The van der Waals surface area contributed by atoms with Gasteiger partial charge in [0, 0.05) is 13.1 Å². The number of ether oxygens (including phenoxy) is 1. The number of benzene rings is 1. The lowest BCUT2D eigenvalue weighted by molar-refractivity contribution is -0.0418. The van der Waals surface area contributed by atoms with Gasteiger partial charge in [-0.1, -0.05) is 18.2 Å². The van der Waals surface area contributed by atoms with Crippen molar-refractivity contribution in [2.24, 2.45) is 0 Å². The summed E-state index contributed by atoms with van der Waals surface area (Å²) in [6, 6.07) is 10.5. The molecule has 0 amide bonds. The highest BCUT2D eigenvalue weighted by atomic mass is 32.1. The zero-order valence-electron chi connectivity index (χ0n) is 13.4. The van der Waals surface area contributed by atoms with Gasteiger partial charge in [-0.3, -0.25) is 10.00 Å². The second-order valence-corrected chi connectivity index (χ2v) is 7.20. The van der Waals surface area contributed by atoms with Crippen LogP contribution in [0, 0.1) is 10.6 Å². The van der Waals surface area contributed by atoms with Crippen LogP contribution in [-0.2, 0) is 11.4 Å². The minimum absolute atomic E-state index is 0.0665. The van der Waals surface area contributed by atoms with Crippen molar-refractivity contribution < 1.29 is 9.13 Å². The van der Waals surface area contributed by atoms with Gasteiger partial charge in [-0.2, -0.15) is 4.98 Å². The first-order chi connectivity index (χ1) is 12.2. The Morgan fingerprint density at radius 1 is 1.32 bits per heavy atom. The molecule has 1 fully saturated rings. The van der Waals surface area contributed by atoms with Crippen LogP contribution in [0.2, 0.25) is 0 Å². The van der Waals surface area contributed by atoms with Crippen LogP contribution in [0.15, 0.2) is 41.8 Å². The molecule has 5 nitrogen and oxygen atoms in total. The summed E-state index contributed by atoms with van der Waals surface area (Å²) in [6.07, 6.45) is -0.0665. The molecule has 0 spiro atoms.